The van der Waals surface area contributed by atoms with Crippen molar-refractivity contribution in [2.75, 3.05) is 13.1 Å². The van der Waals surface area contributed by atoms with Gasteiger partial charge in [-0.25, -0.2) is 13.4 Å². The number of aryl methyl sites for hydroxylation is 1. The molecule has 1 aliphatic heterocycles. The number of benzene rings is 1. The van der Waals surface area contributed by atoms with Gasteiger partial charge >= 0.3 is 12.1 Å². The summed E-state index contributed by atoms with van der Waals surface area (Å²) < 4.78 is 75.8. The zero-order valence-corrected chi connectivity index (χ0v) is 16.4. The van der Waals surface area contributed by atoms with Gasteiger partial charge in [0.2, 0.25) is 5.82 Å². The topological polar surface area (TPSA) is 103 Å². The van der Waals surface area contributed by atoms with Gasteiger partial charge < -0.3 is 13.8 Å². The number of alkyl halides is 3. The van der Waals surface area contributed by atoms with Crippen molar-refractivity contribution < 1.29 is 30.8 Å². The third-order valence-corrected chi connectivity index (χ3v) is 6.23. The number of nitrogens with zero attached hydrogens (tertiary/aromatic N) is 5. The predicted octanol–water partition coefficient (Wildman–Crippen LogP) is 2.33. The lowest BCUT2D eigenvalue weighted by atomic mass is 10.2. The van der Waals surface area contributed by atoms with Crippen molar-refractivity contribution in [3.8, 4) is 17.1 Å². The molecule has 3 heterocycles. The molecule has 0 saturated carbocycles. The fourth-order valence-corrected chi connectivity index (χ4v) is 4.45. The maximum absolute atomic E-state index is 12.6. The van der Waals surface area contributed by atoms with Crippen LogP contribution in [-0.2, 0) is 23.2 Å². The van der Waals surface area contributed by atoms with Crippen molar-refractivity contribution >= 4 is 10.0 Å². The fraction of sp³-hybridized carbons (Fsp3) is 0.353. The van der Waals surface area contributed by atoms with E-state index in [0.717, 1.165) is 0 Å². The fourth-order valence-electron chi connectivity index (χ4n) is 3.00. The molecule has 0 unspecified atom stereocenters. The number of aromatic nitrogens is 4. The molecule has 1 aliphatic rings. The highest BCUT2D eigenvalue weighted by Crippen LogP contribution is 2.30. The summed E-state index contributed by atoms with van der Waals surface area (Å²) in [5, 5.41) is 3.31. The van der Waals surface area contributed by atoms with Crippen molar-refractivity contribution in [1.82, 2.24) is 24.0 Å². The number of rotatable bonds is 5. The van der Waals surface area contributed by atoms with Gasteiger partial charge in [0.1, 0.15) is 11.9 Å². The third-order valence-electron chi connectivity index (χ3n) is 4.48. The number of hydrogen-bond acceptors (Lipinski definition) is 7. The molecule has 30 heavy (non-hydrogen) atoms. The molecule has 3 aromatic rings. The van der Waals surface area contributed by atoms with E-state index in [4.69, 9.17) is 4.74 Å². The largest absolute Gasteiger partial charge is 0.489 e. The van der Waals surface area contributed by atoms with E-state index < -0.39 is 22.1 Å². The van der Waals surface area contributed by atoms with Crippen LogP contribution in [0.25, 0.3) is 11.4 Å². The average molecular weight is 443 g/mol. The highest BCUT2D eigenvalue weighted by atomic mass is 32.2. The third kappa shape index (κ3) is 4.03. The first-order valence-corrected chi connectivity index (χ1v) is 10.2. The second-order valence-electron chi connectivity index (χ2n) is 6.71. The Bertz CT molecular complexity index is 1140. The van der Waals surface area contributed by atoms with Crippen molar-refractivity contribution in [3.05, 3.63) is 42.7 Å². The maximum atomic E-state index is 12.6. The Kier molecular flexibility index (Phi) is 5.02. The molecule has 1 fully saturated rings. The standard InChI is InChI=1S/C17H16F3N5O4S/c1-24-9-14(21-10-24)30(26,27)25-7-6-13(8-25)28-12-4-2-11(3-5-12)15-22-16(29-23-15)17(18,19)20/h2-5,9-10,13H,6-8H2,1H3/t13-/m0/s1. The summed E-state index contributed by atoms with van der Waals surface area (Å²) in [6.07, 6.45) is -1.73. The molecule has 0 radical (unpaired) electrons. The van der Waals surface area contributed by atoms with Gasteiger partial charge in [0.15, 0.2) is 5.03 Å². The van der Waals surface area contributed by atoms with Gasteiger partial charge in [0.05, 0.1) is 12.9 Å². The van der Waals surface area contributed by atoms with E-state index in [0.29, 0.717) is 24.3 Å². The number of halogens is 3. The molecule has 1 atom stereocenters. The Labute approximate surface area is 169 Å². The molecule has 9 nitrogen and oxygen atoms in total. The number of hydrogen-bond donors (Lipinski definition) is 0. The summed E-state index contributed by atoms with van der Waals surface area (Å²) in [7, 11) is -2.01. The van der Waals surface area contributed by atoms with Gasteiger partial charge in [-0.05, 0) is 30.7 Å². The summed E-state index contributed by atoms with van der Waals surface area (Å²) in [5.74, 6) is -1.17. The van der Waals surface area contributed by atoms with Gasteiger partial charge in [-0.15, -0.1) is 0 Å². The van der Waals surface area contributed by atoms with E-state index in [1.54, 1.807) is 23.7 Å². The normalized spacial score (nSPS) is 18.1. The van der Waals surface area contributed by atoms with Crippen LogP contribution in [0.4, 0.5) is 13.2 Å². The van der Waals surface area contributed by atoms with Crippen molar-refractivity contribution in [2.45, 2.75) is 23.7 Å². The zero-order valence-electron chi connectivity index (χ0n) is 15.6. The first kappa shape index (κ1) is 20.3. The molecule has 160 valence electrons. The van der Waals surface area contributed by atoms with Crippen LogP contribution < -0.4 is 4.74 Å². The molecular formula is C17H16F3N5O4S. The second-order valence-corrected chi connectivity index (χ2v) is 8.60. The summed E-state index contributed by atoms with van der Waals surface area (Å²) >= 11 is 0. The maximum Gasteiger partial charge on any atom is 0.471 e. The lowest BCUT2D eigenvalue weighted by molar-refractivity contribution is -0.159. The first-order valence-electron chi connectivity index (χ1n) is 8.79. The van der Waals surface area contributed by atoms with Gasteiger partial charge in [-0.1, -0.05) is 5.16 Å². The predicted molar refractivity (Wildman–Crippen MR) is 95.7 cm³/mol. The summed E-state index contributed by atoms with van der Waals surface area (Å²) in [5.41, 5.74) is 0.326. The Balaban J connectivity index is 1.40. The van der Waals surface area contributed by atoms with Gasteiger partial charge in [0.25, 0.3) is 10.0 Å². The van der Waals surface area contributed by atoms with Crippen LogP contribution in [0.5, 0.6) is 5.75 Å². The van der Waals surface area contributed by atoms with E-state index in [1.807, 2.05) is 0 Å². The molecule has 1 saturated heterocycles. The molecule has 4 rings (SSSR count). The van der Waals surface area contributed by atoms with Crippen LogP contribution in [0.15, 0.2) is 46.3 Å². The van der Waals surface area contributed by atoms with Crippen LogP contribution in [-0.4, -0.2) is 51.6 Å². The van der Waals surface area contributed by atoms with E-state index in [2.05, 4.69) is 19.6 Å². The zero-order chi connectivity index (χ0) is 21.5. The monoisotopic (exact) mass is 443 g/mol. The van der Waals surface area contributed by atoms with Crippen molar-refractivity contribution in [1.29, 1.82) is 0 Å². The summed E-state index contributed by atoms with van der Waals surface area (Å²) in [6.45, 7) is 0.463. The van der Waals surface area contributed by atoms with Gasteiger partial charge in [-0.2, -0.15) is 22.5 Å². The molecule has 1 aromatic carbocycles. The Hall–Kier alpha value is -2.93. The van der Waals surface area contributed by atoms with Gasteiger partial charge in [-0.3, -0.25) is 0 Å². The van der Waals surface area contributed by atoms with E-state index >= 15 is 0 Å². The molecular weight excluding hydrogens is 427 g/mol. The molecule has 13 heteroatoms. The minimum absolute atomic E-state index is 0.0201. The van der Waals surface area contributed by atoms with E-state index in [-0.39, 0.29) is 23.5 Å². The summed E-state index contributed by atoms with van der Waals surface area (Å²) in [4.78, 5) is 7.23. The molecule has 0 spiro atoms. The van der Waals surface area contributed by atoms with Crippen LogP contribution in [0.2, 0.25) is 0 Å². The molecule has 2 aromatic heterocycles. The van der Waals surface area contributed by atoms with Crippen LogP contribution in [0, 0.1) is 0 Å². The SMILES string of the molecule is Cn1cnc(S(=O)(=O)N2CC[C@H](Oc3ccc(-c4noc(C(F)(F)F)n4)cc3)C2)c1. The lowest BCUT2D eigenvalue weighted by Gasteiger charge is -2.16. The van der Waals surface area contributed by atoms with E-state index in [9.17, 15) is 21.6 Å². The van der Waals surface area contributed by atoms with Gasteiger partial charge in [0, 0.05) is 25.4 Å². The Morgan fingerprint density at radius 2 is 1.97 bits per heavy atom. The molecule has 0 N–H and O–H groups in total. The Morgan fingerprint density at radius 1 is 1.23 bits per heavy atom. The molecule has 0 aliphatic carbocycles. The average Bonchev–Trinajstić information content (AvgIpc) is 3.42. The van der Waals surface area contributed by atoms with Crippen LogP contribution in [0.3, 0.4) is 0 Å². The second kappa shape index (κ2) is 7.40. The highest BCUT2D eigenvalue weighted by Gasteiger charge is 2.38. The number of imidazole rings is 1. The number of ether oxygens (including phenoxy) is 1. The number of sulfonamides is 1. The van der Waals surface area contributed by atoms with Crippen molar-refractivity contribution in [3.63, 3.8) is 0 Å². The summed E-state index contributed by atoms with van der Waals surface area (Å²) in [6, 6.07) is 6.10. The smallest absolute Gasteiger partial charge is 0.471 e. The lowest BCUT2D eigenvalue weighted by Crippen LogP contribution is -2.31. The van der Waals surface area contributed by atoms with Crippen LogP contribution >= 0.6 is 0 Å². The minimum Gasteiger partial charge on any atom is -0.489 e. The van der Waals surface area contributed by atoms with E-state index in [1.165, 1.54) is 29.0 Å². The molecule has 0 bridgehead atoms. The highest BCUT2D eigenvalue weighted by molar-refractivity contribution is 7.89. The van der Waals surface area contributed by atoms with Crippen molar-refractivity contribution in [2.24, 2.45) is 7.05 Å². The molecule has 0 amide bonds. The Morgan fingerprint density at radius 3 is 2.57 bits per heavy atom. The quantitative estimate of drug-likeness (QED) is 0.596. The minimum atomic E-state index is -4.71. The first-order chi connectivity index (χ1) is 14.1. The van der Waals surface area contributed by atoms with Crippen LogP contribution in [0.1, 0.15) is 12.3 Å².